The van der Waals surface area contributed by atoms with Crippen LogP contribution in [0.2, 0.25) is 0 Å². The fourth-order valence-electron chi connectivity index (χ4n) is 2.97. The maximum atomic E-state index is 13.1. The Morgan fingerprint density at radius 3 is 2.75 bits per heavy atom. The zero-order chi connectivity index (χ0) is 13.8. The van der Waals surface area contributed by atoms with Gasteiger partial charge in [-0.1, -0.05) is 18.0 Å². The van der Waals surface area contributed by atoms with Crippen LogP contribution in [-0.2, 0) is 6.42 Å². The van der Waals surface area contributed by atoms with Gasteiger partial charge in [-0.25, -0.2) is 4.39 Å². The average Bonchev–Trinajstić information content (AvgIpc) is 2.67. The lowest BCUT2D eigenvalue weighted by atomic mass is 10.1. The number of halogens is 1. The van der Waals surface area contributed by atoms with Crippen molar-refractivity contribution in [3.8, 4) is 0 Å². The number of likely N-dealkylation sites (tertiary alicyclic amines) is 1. The molecule has 0 saturated carbocycles. The van der Waals surface area contributed by atoms with Gasteiger partial charge in [0, 0.05) is 11.5 Å². The molecule has 1 aliphatic heterocycles. The average molecular weight is 276 g/mol. The second-order valence-corrected chi connectivity index (χ2v) is 5.63. The lowest BCUT2D eigenvalue weighted by Crippen LogP contribution is -2.26. The van der Waals surface area contributed by atoms with Crippen LogP contribution in [0.15, 0.2) is 22.7 Å². The quantitative estimate of drug-likeness (QED) is 0.851. The molecule has 0 aliphatic carbocycles. The van der Waals surface area contributed by atoms with Gasteiger partial charge in [-0.15, -0.1) is 0 Å². The van der Waals surface area contributed by atoms with Crippen LogP contribution < -0.4 is 0 Å². The number of hydrogen-bond donors (Lipinski definition) is 0. The molecule has 1 saturated heterocycles. The molecule has 0 amide bonds. The lowest BCUT2D eigenvalue weighted by molar-refractivity contribution is 0.281. The van der Waals surface area contributed by atoms with E-state index in [2.05, 4.69) is 10.1 Å². The summed E-state index contributed by atoms with van der Waals surface area (Å²) in [5.41, 5.74) is 1.50. The van der Waals surface area contributed by atoms with Gasteiger partial charge in [0.05, 0.1) is 5.69 Å². The van der Waals surface area contributed by atoms with E-state index in [1.54, 1.807) is 6.07 Å². The maximum Gasteiger partial charge on any atom is 0.170 e. The first-order valence-electron chi connectivity index (χ1n) is 7.59. The van der Waals surface area contributed by atoms with Crippen molar-refractivity contribution in [2.45, 2.75) is 38.5 Å². The van der Waals surface area contributed by atoms with Crippen molar-refractivity contribution in [1.82, 2.24) is 10.1 Å². The number of benzene rings is 1. The first-order valence-corrected chi connectivity index (χ1v) is 7.59. The molecule has 20 heavy (non-hydrogen) atoms. The van der Waals surface area contributed by atoms with Crippen molar-refractivity contribution < 1.29 is 8.91 Å². The second-order valence-electron chi connectivity index (χ2n) is 5.63. The van der Waals surface area contributed by atoms with E-state index in [-0.39, 0.29) is 5.82 Å². The normalized spacial score (nSPS) is 17.4. The minimum Gasteiger partial charge on any atom is -0.356 e. The van der Waals surface area contributed by atoms with Crippen molar-refractivity contribution >= 4 is 11.0 Å². The van der Waals surface area contributed by atoms with Gasteiger partial charge < -0.3 is 9.42 Å². The van der Waals surface area contributed by atoms with Crippen LogP contribution in [0.3, 0.4) is 0 Å². The summed E-state index contributed by atoms with van der Waals surface area (Å²) in [6.07, 6.45) is 7.37. The lowest BCUT2D eigenvalue weighted by Gasteiger charge is -2.18. The van der Waals surface area contributed by atoms with Gasteiger partial charge >= 0.3 is 0 Å². The standard InChI is InChI=1S/C16H21FN2O/c17-13-7-8-14-15(18-20-16(14)12-13)6-5-11-19-9-3-1-2-4-10-19/h7-8,12H,1-6,9-11H2. The Morgan fingerprint density at radius 2 is 1.95 bits per heavy atom. The molecule has 0 N–H and O–H groups in total. The van der Waals surface area contributed by atoms with E-state index in [9.17, 15) is 4.39 Å². The van der Waals surface area contributed by atoms with Crippen molar-refractivity contribution in [3.05, 3.63) is 29.7 Å². The largest absolute Gasteiger partial charge is 0.356 e. The molecule has 2 aromatic rings. The smallest absolute Gasteiger partial charge is 0.170 e. The molecule has 2 heterocycles. The summed E-state index contributed by atoms with van der Waals surface area (Å²) in [5.74, 6) is -0.273. The highest BCUT2D eigenvalue weighted by Gasteiger charge is 2.11. The minimum absolute atomic E-state index is 0.273. The summed E-state index contributed by atoms with van der Waals surface area (Å²) in [6, 6.07) is 4.64. The fourth-order valence-corrected chi connectivity index (χ4v) is 2.97. The van der Waals surface area contributed by atoms with Gasteiger partial charge in [-0.2, -0.15) is 0 Å². The highest BCUT2D eigenvalue weighted by atomic mass is 19.1. The van der Waals surface area contributed by atoms with Crippen LogP contribution in [0.4, 0.5) is 4.39 Å². The van der Waals surface area contributed by atoms with Gasteiger partial charge in [0.15, 0.2) is 5.58 Å². The summed E-state index contributed by atoms with van der Waals surface area (Å²) >= 11 is 0. The van der Waals surface area contributed by atoms with E-state index >= 15 is 0 Å². The first kappa shape index (κ1) is 13.6. The van der Waals surface area contributed by atoms with E-state index in [4.69, 9.17) is 4.52 Å². The molecule has 0 spiro atoms. The van der Waals surface area contributed by atoms with E-state index in [1.807, 2.05) is 0 Å². The SMILES string of the molecule is Fc1ccc2c(CCCN3CCCCCC3)noc2c1. The van der Waals surface area contributed by atoms with Gasteiger partial charge in [0.1, 0.15) is 5.82 Å². The second kappa shape index (κ2) is 6.35. The fraction of sp³-hybridized carbons (Fsp3) is 0.562. The van der Waals surface area contributed by atoms with Crippen LogP contribution in [0.25, 0.3) is 11.0 Å². The zero-order valence-corrected chi connectivity index (χ0v) is 11.8. The van der Waals surface area contributed by atoms with Crippen LogP contribution in [0.1, 0.15) is 37.8 Å². The first-order chi connectivity index (χ1) is 9.83. The van der Waals surface area contributed by atoms with E-state index in [1.165, 1.54) is 50.9 Å². The Balaban J connectivity index is 1.57. The maximum absolute atomic E-state index is 13.1. The molecule has 0 unspecified atom stereocenters. The van der Waals surface area contributed by atoms with Crippen LogP contribution in [-0.4, -0.2) is 29.7 Å². The topological polar surface area (TPSA) is 29.3 Å². The van der Waals surface area contributed by atoms with Crippen molar-refractivity contribution in [2.75, 3.05) is 19.6 Å². The van der Waals surface area contributed by atoms with Gasteiger partial charge in [-0.05, 0) is 57.5 Å². The minimum atomic E-state index is -0.273. The number of fused-ring (bicyclic) bond motifs is 1. The molecule has 4 heteroatoms. The molecule has 0 radical (unpaired) electrons. The Kier molecular flexibility index (Phi) is 4.31. The molecule has 1 aliphatic rings. The molecule has 1 fully saturated rings. The van der Waals surface area contributed by atoms with Crippen molar-refractivity contribution in [3.63, 3.8) is 0 Å². The monoisotopic (exact) mass is 276 g/mol. The van der Waals surface area contributed by atoms with Crippen LogP contribution in [0.5, 0.6) is 0 Å². The number of rotatable bonds is 4. The molecule has 108 valence electrons. The molecule has 0 atom stereocenters. The molecule has 0 bridgehead atoms. The Hall–Kier alpha value is -1.42. The highest BCUT2D eigenvalue weighted by molar-refractivity contribution is 5.79. The number of hydrogen-bond acceptors (Lipinski definition) is 3. The predicted octanol–water partition coefficient (Wildman–Crippen LogP) is 3.78. The molecule has 3 nitrogen and oxygen atoms in total. The molecular weight excluding hydrogens is 255 g/mol. The van der Waals surface area contributed by atoms with E-state index in [0.29, 0.717) is 5.58 Å². The molecule has 1 aromatic heterocycles. The Bertz CT molecular complexity index is 559. The van der Waals surface area contributed by atoms with E-state index < -0.39 is 0 Å². The Labute approximate surface area is 118 Å². The third-order valence-corrected chi connectivity index (χ3v) is 4.10. The summed E-state index contributed by atoms with van der Waals surface area (Å²) in [6.45, 7) is 3.57. The summed E-state index contributed by atoms with van der Waals surface area (Å²) in [7, 11) is 0. The van der Waals surface area contributed by atoms with Crippen molar-refractivity contribution in [1.29, 1.82) is 0 Å². The predicted molar refractivity (Wildman–Crippen MR) is 77.2 cm³/mol. The Morgan fingerprint density at radius 1 is 1.15 bits per heavy atom. The van der Waals surface area contributed by atoms with Crippen molar-refractivity contribution in [2.24, 2.45) is 0 Å². The number of aryl methyl sites for hydroxylation is 1. The third-order valence-electron chi connectivity index (χ3n) is 4.10. The third kappa shape index (κ3) is 3.18. The molecule has 1 aromatic carbocycles. The molecule has 3 rings (SSSR count). The highest BCUT2D eigenvalue weighted by Crippen LogP contribution is 2.20. The zero-order valence-electron chi connectivity index (χ0n) is 11.8. The summed E-state index contributed by atoms with van der Waals surface area (Å²) in [4.78, 5) is 2.55. The van der Waals surface area contributed by atoms with Gasteiger partial charge in [-0.3, -0.25) is 0 Å². The summed E-state index contributed by atoms with van der Waals surface area (Å²) < 4.78 is 18.3. The number of aromatic nitrogens is 1. The van der Waals surface area contributed by atoms with Gasteiger partial charge in [0.25, 0.3) is 0 Å². The van der Waals surface area contributed by atoms with Crippen LogP contribution in [0, 0.1) is 5.82 Å². The number of nitrogens with zero attached hydrogens (tertiary/aromatic N) is 2. The van der Waals surface area contributed by atoms with E-state index in [0.717, 1.165) is 30.5 Å². The molecular formula is C16H21FN2O. The van der Waals surface area contributed by atoms with Gasteiger partial charge in [0.2, 0.25) is 0 Å². The van der Waals surface area contributed by atoms with Crippen LogP contribution >= 0.6 is 0 Å². The summed E-state index contributed by atoms with van der Waals surface area (Å²) in [5, 5.41) is 5.02.